The topological polar surface area (TPSA) is 34.3 Å². The molecule has 0 saturated heterocycles. The molecule has 1 radical (unpaired) electrons. The lowest BCUT2D eigenvalue weighted by atomic mass is 10.1. The van der Waals surface area contributed by atoms with Crippen LogP contribution in [0.15, 0.2) is 0 Å². The van der Waals surface area contributed by atoms with E-state index in [4.69, 9.17) is 5.11 Å². The van der Waals surface area contributed by atoms with E-state index in [2.05, 4.69) is 5.32 Å². The molecule has 0 saturated carbocycles. The Morgan fingerprint density at radius 1 is 1.38 bits per heavy atom. The summed E-state index contributed by atoms with van der Waals surface area (Å²) in [6, 6.07) is 0. The Labute approximate surface area is 50.9 Å². The van der Waals surface area contributed by atoms with Crippen LogP contribution in [-0.2, 0) is 0 Å². The molecular formula is C6H14NO. The van der Waals surface area contributed by atoms with Crippen molar-refractivity contribution in [3.63, 3.8) is 0 Å². The Morgan fingerprint density at radius 2 is 1.75 bits per heavy atom. The number of aliphatic hydroxyl groups is 1. The van der Waals surface area contributed by atoms with Gasteiger partial charge in [-0.3, -0.25) is 0 Å². The van der Waals surface area contributed by atoms with E-state index in [1.165, 1.54) is 0 Å². The van der Waals surface area contributed by atoms with E-state index in [0.29, 0.717) is 0 Å². The maximum atomic E-state index is 8.72. The predicted molar refractivity (Wildman–Crippen MR) is 33.6 cm³/mol. The van der Waals surface area contributed by atoms with Crippen LogP contribution < -0.4 is 5.32 Å². The minimum atomic E-state index is -0.532. The third-order valence-corrected chi connectivity index (χ3v) is 0.574. The van der Waals surface area contributed by atoms with Gasteiger partial charge < -0.3 is 5.11 Å². The van der Waals surface area contributed by atoms with Crippen molar-refractivity contribution in [1.82, 2.24) is 5.32 Å². The van der Waals surface area contributed by atoms with Crippen molar-refractivity contribution in [2.75, 3.05) is 0 Å². The van der Waals surface area contributed by atoms with Crippen LogP contribution in [0.2, 0.25) is 0 Å². The molecule has 0 fully saturated rings. The summed E-state index contributed by atoms with van der Waals surface area (Å²) in [5, 5.41) is 12.7. The molecule has 0 rings (SSSR count). The molecule has 0 spiro atoms. The van der Waals surface area contributed by atoms with Crippen molar-refractivity contribution in [3.8, 4) is 0 Å². The van der Waals surface area contributed by atoms with E-state index >= 15 is 0 Å². The smallest absolute Gasteiger partial charge is 0.117 e. The summed E-state index contributed by atoms with van der Waals surface area (Å²) in [6.45, 7) is 7.53. The Balaban J connectivity index is 3.39. The number of rotatable bonds is 1. The van der Waals surface area contributed by atoms with Gasteiger partial charge in [0.1, 0.15) is 6.23 Å². The molecule has 1 N–H and O–H groups in total. The maximum absolute atomic E-state index is 8.72. The van der Waals surface area contributed by atoms with Gasteiger partial charge in [0.25, 0.3) is 0 Å². The summed E-state index contributed by atoms with van der Waals surface area (Å²) in [5.74, 6) is 0. The van der Waals surface area contributed by atoms with Crippen molar-refractivity contribution in [2.24, 2.45) is 0 Å². The van der Waals surface area contributed by atoms with Crippen molar-refractivity contribution in [1.29, 1.82) is 0 Å². The molecule has 0 aromatic rings. The van der Waals surface area contributed by atoms with Gasteiger partial charge in [0.05, 0.1) is 0 Å². The molecule has 0 aromatic heterocycles. The fourth-order valence-corrected chi connectivity index (χ4v) is 0.561. The Kier molecular flexibility index (Phi) is 2.44. The van der Waals surface area contributed by atoms with Gasteiger partial charge in [0.2, 0.25) is 0 Å². The Hall–Kier alpha value is -0.0800. The summed E-state index contributed by atoms with van der Waals surface area (Å²) >= 11 is 0. The van der Waals surface area contributed by atoms with Crippen LogP contribution in [0.4, 0.5) is 0 Å². The first-order valence-electron chi connectivity index (χ1n) is 2.82. The monoisotopic (exact) mass is 116 g/mol. The van der Waals surface area contributed by atoms with Crippen molar-refractivity contribution in [2.45, 2.75) is 39.5 Å². The molecule has 0 aliphatic carbocycles. The summed E-state index contributed by atoms with van der Waals surface area (Å²) in [7, 11) is 0. The van der Waals surface area contributed by atoms with E-state index in [9.17, 15) is 0 Å². The largest absolute Gasteiger partial charge is 0.377 e. The Bertz CT molecular complexity index is 63.4. The molecule has 2 nitrogen and oxygen atoms in total. The maximum Gasteiger partial charge on any atom is 0.117 e. The van der Waals surface area contributed by atoms with Crippen LogP contribution in [0.25, 0.3) is 0 Å². The lowest BCUT2D eigenvalue weighted by Crippen LogP contribution is -2.34. The first-order chi connectivity index (χ1) is 3.42. The van der Waals surface area contributed by atoms with E-state index in [1.54, 1.807) is 6.92 Å². The van der Waals surface area contributed by atoms with Gasteiger partial charge in [-0.15, -0.1) is 0 Å². The molecule has 2 heteroatoms. The van der Waals surface area contributed by atoms with Gasteiger partial charge in [0, 0.05) is 5.54 Å². The minimum Gasteiger partial charge on any atom is -0.377 e. The molecule has 1 unspecified atom stereocenters. The highest BCUT2D eigenvalue weighted by Gasteiger charge is 2.12. The van der Waals surface area contributed by atoms with Crippen LogP contribution in [0.5, 0.6) is 0 Å². The number of aliphatic hydroxyl groups excluding tert-OH is 1. The average Bonchev–Trinajstić information content (AvgIpc) is 1.21. The highest BCUT2D eigenvalue weighted by molar-refractivity contribution is 4.69. The second-order valence-electron chi connectivity index (χ2n) is 2.93. The van der Waals surface area contributed by atoms with Crippen molar-refractivity contribution in [3.05, 3.63) is 0 Å². The van der Waals surface area contributed by atoms with Crippen molar-refractivity contribution < 1.29 is 5.11 Å². The average molecular weight is 116 g/mol. The predicted octanol–water partition coefficient (Wildman–Crippen LogP) is 0.728. The fraction of sp³-hybridized carbons (Fsp3) is 1.00. The molecule has 0 bridgehead atoms. The first kappa shape index (κ1) is 7.92. The second kappa shape index (κ2) is 2.46. The molecule has 8 heavy (non-hydrogen) atoms. The van der Waals surface area contributed by atoms with Crippen LogP contribution in [0, 0.1) is 0 Å². The number of hydrogen-bond acceptors (Lipinski definition) is 1. The van der Waals surface area contributed by atoms with Gasteiger partial charge in [-0.05, 0) is 27.7 Å². The molecule has 1 atom stereocenters. The van der Waals surface area contributed by atoms with Crippen LogP contribution in [0.1, 0.15) is 27.7 Å². The SMILES string of the molecule is CC(O)[N]C(C)(C)C. The van der Waals surface area contributed by atoms with Crippen LogP contribution >= 0.6 is 0 Å². The highest BCUT2D eigenvalue weighted by Crippen LogP contribution is 2.01. The fourth-order valence-electron chi connectivity index (χ4n) is 0.561. The second-order valence-corrected chi connectivity index (χ2v) is 2.93. The standard InChI is InChI=1S/C6H14NO/c1-5(8)7-6(2,3)4/h5,8H,1-4H3. The van der Waals surface area contributed by atoms with Gasteiger partial charge in [0.15, 0.2) is 0 Å². The lowest BCUT2D eigenvalue weighted by Gasteiger charge is -2.19. The zero-order chi connectivity index (χ0) is 6.78. The summed E-state index contributed by atoms with van der Waals surface area (Å²) < 4.78 is 0. The molecule has 0 amide bonds. The molecule has 0 aromatic carbocycles. The molecule has 0 aliphatic heterocycles. The first-order valence-corrected chi connectivity index (χ1v) is 2.82. The van der Waals surface area contributed by atoms with Gasteiger partial charge in [-0.25, -0.2) is 5.32 Å². The third kappa shape index (κ3) is 5.92. The molecular weight excluding hydrogens is 102 g/mol. The van der Waals surface area contributed by atoms with E-state index in [-0.39, 0.29) is 5.54 Å². The normalized spacial score (nSPS) is 16.1. The summed E-state index contributed by atoms with van der Waals surface area (Å²) in [6.07, 6.45) is -0.532. The van der Waals surface area contributed by atoms with Crippen molar-refractivity contribution >= 4 is 0 Å². The lowest BCUT2D eigenvalue weighted by molar-refractivity contribution is 0.118. The van der Waals surface area contributed by atoms with E-state index in [0.717, 1.165) is 0 Å². The quantitative estimate of drug-likeness (QED) is 0.538. The van der Waals surface area contributed by atoms with Gasteiger partial charge in [-0.1, -0.05) is 0 Å². The molecule has 0 heterocycles. The summed E-state index contributed by atoms with van der Waals surface area (Å²) in [4.78, 5) is 0. The molecule has 0 aliphatic rings. The van der Waals surface area contributed by atoms with Gasteiger partial charge in [-0.2, -0.15) is 0 Å². The third-order valence-electron chi connectivity index (χ3n) is 0.574. The number of nitrogens with zero attached hydrogens (tertiary/aromatic N) is 1. The van der Waals surface area contributed by atoms with Crippen LogP contribution in [0.3, 0.4) is 0 Å². The van der Waals surface area contributed by atoms with E-state index in [1.807, 2.05) is 20.8 Å². The summed E-state index contributed by atoms with van der Waals surface area (Å²) in [5.41, 5.74) is -0.103. The minimum absolute atomic E-state index is 0.103. The zero-order valence-corrected chi connectivity index (χ0v) is 5.97. The number of hydrogen-bond donors (Lipinski definition) is 1. The Morgan fingerprint density at radius 3 is 1.75 bits per heavy atom. The molecule has 49 valence electrons. The van der Waals surface area contributed by atoms with Crippen LogP contribution in [-0.4, -0.2) is 16.9 Å². The van der Waals surface area contributed by atoms with Gasteiger partial charge >= 0.3 is 0 Å². The van der Waals surface area contributed by atoms with E-state index < -0.39 is 6.23 Å². The zero-order valence-electron chi connectivity index (χ0n) is 5.97. The highest BCUT2D eigenvalue weighted by atomic mass is 16.3.